The molecule has 1 unspecified atom stereocenters. The molecular formula is C9H22N2O2Si. The van der Waals surface area contributed by atoms with Crippen LogP contribution in [0.25, 0.3) is 0 Å². The Morgan fingerprint density at radius 1 is 1.29 bits per heavy atom. The van der Waals surface area contributed by atoms with Gasteiger partial charge in [-0.25, -0.2) is 0 Å². The molecule has 2 N–H and O–H groups in total. The smallest absolute Gasteiger partial charge is 0.356 e. The Morgan fingerprint density at radius 3 is 2.43 bits per heavy atom. The van der Waals surface area contributed by atoms with Crippen LogP contribution in [0.1, 0.15) is 13.3 Å². The molecule has 0 radical (unpaired) electrons. The van der Waals surface area contributed by atoms with Crippen LogP contribution in [0.2, 0.25) is 6.04 Å². The van der Waals surface area contributed by atoms with Gasteiger partial charge >= 0.3 is 8.56 Å². The van der Waals surface area contributed by atoms with Crippen LogP contribution >= 0.6 is 0 Å². The summed E-state index contributed by atoms with van der Waals surface area (Å²) < 4.78 is 11.4. The highest BCUT2D eigenvalue weighted by molar-refractivity contribution is 6.69. The number of hydrogen-bond donors (Lipinski definition) is 2. The fraction of sp³-hybridized carbons (Fsp3) is 1.00. The van der Waals surface area contributed by atoms with Gasteiger partial charge in [-0.3, -0.25) is 0 Å². The number of rotatable bonds is 5. The number of piperazine rings is 1. The molecule has 0 aromatic carbocycles. The molecule has 0 saturated carbocycles. The molecule has 0 bridgehead atoms. The van der Waals surface area contributed by atoms with Crippen molar-refractivity contribution in [1.82, 2.24) is 10.6 Å². The van der Waals surface area contributed by atoms with Crippen molar-refractivity contribution in [2.24, 2.45) is 0 Å². The van der Waals surface area contributed by atoms with E-state index >= 15 is 0 Å². The van der Waals surface area contributed by atoms with Crippen molar-refractivity contribution in [2.45, 2.75) is 25.1 Å². The highest BCUT2D eigenvalue weighted by Crippen LogP contribution is 2.19. The molecule has 1 heterocycles. The van der Waals surface area contributed by atoms with Crippen molar-refractivity contribution in [3.05, 3.63) is 0 Å². The molecule has 1 fully saturated rings. The van der Waals surface area contributed by atoms with Gasteiger partial charge in [0.1, 0.15) is 0 Å². The lowest BCUT2D eigenvalue weighted by Crippen LogP contribution is -2.65. The zero-order valence-corrected chi connectivity index (χ0v) is 10.4. The minimum atomic E-state index is -2.02. The quantitative estimate of drug-likeness (QED) is 0.649. The lowest BCUT2D eigenvalue weighted by atomic mass is 10.4. The first-order valence-corrected chi connectivity index (χ1v) is 7.43. The average molecular weight is 218 g/mol. The largest absolute Gasteiger partial charge is 0.397 e. The molecular weight excluding hydrogens is 196 g/mol. The molecule has 14 heavy (non-hydrogen) atoms. The Labute approximate surface area is 87.6 Å². The molecule has 1 saturated heterocycles. The van der Waals surface area contributed by atoms with E-state index in [1.54, 1.807) is 14.2 Å². The Morgan fingerprint density at radius 2 is 2.00 bits per heavy atom. The van der Waals surface area contributed by atoms with Gasteiger partial charge in [-0.2, -0.15) is 0 Å². The van der Waals surface area contributed by atoms with Gasteiger partial charge in [-0.1, -0.05) is 13.3 Å². The van der Waals surface area contributed by atoms with Crippen molar-refractivity contribution in [1.29, 1.82) is 0 Å². The molecule has 0 aromatic heterocycles. The predicted molar refractivity (Wildman–Crippen MR) is 59.5 cm³/mol. The van der Waals surface area contributed by atoms with Crippen LogP contribution in [0.15, 0.2) is 0 Å². The maximum atomic E-state index is 5.68. The van der Waals surface area contributed by atoms with Crippen LogP contribution < -0.4 is 10.6 Å². The van der Waals surface area contributed by atoms with Crippen LogP contribution in [-0.2, 0) is 8.85 Å². The van der Waals surface area contributed by atoms with E-state index < -0.39 is 8.56 Å². The highest BCUT2D eigenvalue weighted by Gasteiger charge is 2.44. The molecule has 0 aliphatic carbocycles. The fourth-order valence-corrected chi connectivity index (χ4v) is 5.16. The van der Waals surface area contributed by atoms with Gasteiger partial charge in [-0.05, 0) is 6.04 Å². The third-order valence-corrected chi connectivity index (χ3v) is 6.91. The second-order valence-corrected chi connectivity index (χ2v) is 7.32. The number of hydrogen-bond acceptors (Lipinski definition) is 4. The Balaban J connectivity index is 2.62. The van der Waals surface area contributed by atoms with Gasteiger partial charge in [0.25, 0.3) is 0 Å². The van der Waals surface area contributed by atoms with Crippen LogP contribution in [-0.4, -0.2) is 48.1 Å². The zero-order valence-electron chi connectivity index (χ0n) is 9.43. The number of nitrogens with one attached hydrogen (secondary N) is 2. The lowest BCUT2D eigenvalue weighted by molar-refractivity contribution is 0.215. The standard InChI is InChI=1S/C9H22N2O2Si/c1-4-7-14(12-2,13-3)9-8-10-5-6-11-9/h9-11H,4-8H2,1-3H3. The van der Waals surface area contributed by atoms with Crippen molar-refractivity contribution < 1.29 is 8.85 Å². The fourth-order valence-electron chi connectivity index (χ4n) is 2.06. The van der Waals surface area contributed by atoms with E-state index in [2.05, 4.69) is 17.6 Å². The van der Waals surface area contributed by atoms with E-state index in [4.69, 9.17) is 8.85 Å². The lowest BCUT2D eigenvalue weighted by Gasteiger charge is -2.38. The first-order chi connectivity index (χ1) is 6.79. The van der Waals surface area contributed by atoms with Crippen molar-refractivity contribution in [3.63, 3.8) is 0 Å². The third-order valence-electron chi connectivity index (χ3n) is 2.86. The van der Waals surface area contributed by atoms with E-state index in [1.807, 2.05) is 0 Å². The van der Waals surface area contributed by atoms with Gasteiger partial charge in [0.05, 0.1) is 5.67 Å². The topological polar surface area (TPSA) is 42.5 Å². The Hall–Kier alpha value is 0.0569. The second-order valence-electron chi connectivity index (χ2n) is 3.68. The molecule has 0 aromatic rings. The minimum Gasteiger partial charge on any atom is -0.397 e. The summed E-state index contributed by atoms with van der Waals surface area (Å²) >= 11 is 0. The zero-order chi connectivity index (χ0) is 10.4. The van der Waals surface area contributed by atoms with Crippen LogP contribution in [0.4, 0.5) is 0 Å². The summed E-state index contributed by atoms with van der Waals surface area (Å²) in [5.41, 5.74) is 0.381. The first-order valence-electron chi connectivity index (χ1n) is 5.33. The SMILES string of the molecule is CCC[Si](OC)(OC)C1CNCCN1. The van der Waals surface area contributed by atoms with E-state index in [9.17, 15) is 0 Å². The van der Waals surface area contributed by atoms with Gasteiger partial charge < -0.3 is 19.5 Å². The van der Waals surface area contributed by atoms with Crippen LogP contribution in [0, 0.1) is 0 Å². The molecule has 1 rings (SSSR count). The van der Waals surface area contributed by atoms with Crippen LogP contribution in [0.3, 0.4) is 0 Å². The summed E-state index contributed by atoms with van der Waals surface area (Å²) in [4.78, 5) is 0. The van der Waals surface area contributed by atoms with Crippen molar-refractivity contribution >= 4 is 8.56 Å². The summed E-state index contributed by atoms with van der Waals surface area (Å²) in [5.74, 6) is 0. The van der Waals surface area contributed by atoms with Crippen molar-refractivity contribution in [2.75, 3.05) is 33.9 Å². The van der Waals surface area contributed by atoms with Gasteiger partial charge in [0.15, 0.2) is 0 Å². The van der Waals surface area contributed by atoms with Gasteiger partial charge in [-0.15, -0.1) is 0 Å². The Bertz CT molecular complexity index is 159. The summed E-state index contributed by atoms with van der Waals surface area (Å²) in [6, 6.07) is 1.05. The molecule has 0 spiro atoms. The monoisotopic (exact) mass is 218 g/mol. The first kappa shape index (κ1) is 12.1. The van der Waals surface area contributed by atoms with E-state index in [1.165, 1.54) is 0 Å². The normalized spacial score (nSPS) is 23.8. The van der Waals surface area contributed by atoms with Crippen molar-refractivity contribution in [3.8, 4) is 0 Å². The maximum Gasteiger partial charge on any atom is 0.356 e. The highest BCUT2D eigenvalue weighted by atomic mass is 28.4. The van der Waals surface area contributed by atoms with E-state index in [0.717, 1.165) is 32.1 Å². The summed E-state index contributed by atoms with van der Waals surface area (Å²) in [5, 5.41) is 6.88. The predicted octanol–water partition coefficient (Wildman–Crippen LogP) is 0.232. The maximum absolute atomic E-state index is 5.68. The molecule has 1 aliphatic heterocycles. The van der Waals surface area contributed by atoms with Crippen LogP contribution in [0.5, 0.6) is 0 Å². The average Bonchev–Trinajstić information content (AvgIpc) is 2.27. The molecule has 4 nitrogen and oxygen atoms in total. The minimum absolute atomic E-state index is 0.381. The third kappa shape index (κ3) is 2.55. The van der Waals surface area contributed by atoms with E-state index in [0.29, 0.717) is 5.67 Å². The summed E-state index contributed by atoms with van der Waals surface area (Å²) in [6.07, 6.45) is 1.12. The molecule has 1 atom stereocenters. The molecule has 1 aliphatic rings. The summed E-state index contributed by atoms with van der Waals surface area (Å²) in [7, 11) is 1.54. The second kappa shape index (κ2) is 5.82. The molecule has 84 valence electrons. The molecule has 5 heteroatoms. The van der Waals surface area contributed by atoms with Gasteiger partial charge in [0.2, 0.25) is 0 Å². The Kier molecular flexibility index (Phi) is 5.04. The summed E-state index contributed by atoms with van der Waals surface area (Å²) in [6.45, 7) is 5.19. The van der Waals surface area contributed by atoms with E-state index in [-0.39, 0.29) is 0 Å². The van der Waals surface area contributed by atoms with Gasteiger partial charge in [0, 0.05) is 33.9 Å². The molecule has 0 amide bonds.